The molecule has 27 heteroatoms. The summed E-state index contributed by atoms with van der Waals surface area (Å²) in [6, 6.07) is -8.50. The van der Waals surface area contributed by atoms with Crippen LogP contribution in [-0.2, 0) is 57.5 Å². The molecule has 0 radical (unpaired) electrons. The molecule has 0 bridgehead atoms. The highest BCUT2D eigenvalue weighted by molar-refractivity contribution is 7.98. The van der Waals surface area contributed by atoms with E-state index in [-0.39, 0.29) is 64.0 Å². The molecule has 0 aromatic carbocycles. The fourth-order valence-corrected chi connectivity index (χ4v) is 7.65. The van der Waals surface area contributed by atoms with Crippen LogP contribution in [0.1, 0.15) is 78.1 Å². The Hall–Kier alpha value is -6.09. The van der Waals surface area contributed by atoms with Crippen molar-refractivity contribution < 1.29 is 67.7 Å². The first-order valence-corrected chi connectivity index (χ1v) is 23.3. The number of thioether (sulfide) groups is 1. The van der Waals surface area contributed by atoms with E-state index >= 15 is 0 Å². The summed E-state index contributed by atoms with van der Waals surface area (Å²) in [5.74, 6) is -9.36. The van der Waals surface area contributed by atoms with E-state index in [0.29, 0.717) is 25.0 Å². The van der Waals surface area contributed by atoms with Gasteiger partial charge in [-0.05, 0) is 69.3 Å². The number of rotatable bonds is 29. The van der Waals surface area contributed by atoms with Crippen molar-refractivity contribution in [1.82, 2.24) is 47.0 Å². The summed E-state index contributed by atoms with van der Waals surface area (Å²) in [4.78, 5) is 155. The summed E-state index contributed by atoms with van der Waals surface area (Å²) in [5.41, 5.74) is 16.2. The fourth-order valence-electron chi connectivity index (χ4n) is 7.18. The van der Waals surface area contributed by atoms with Gasteiger partial charge in [0.2, 0.25) is 65.0 Å². The summed E-state index contributed by atoms with van der Waals surface area (Å²) in [7, 11) is 0. The van der Waals surface area contributed by atoms with Gasteiger partial charge in [-0.15, -0.1) is 0 Å². The lowest BCUT2D eigenvalue weighted by Gasteiger charge is -2.32. The van der Waals surface area contributed by atoms with Crippen molar-refractivity contribution >= 4 is 82.7 Å². The van der Waals surface area contributed by atoms with Crippen LogP contribution in [0.25, 0.3) is 0 Å². The van der Waals surface area contributed by atoms with Gasteiger partial charge in [-0.25, -0.2) is 4.79 Å². The second-order valence-corrected chi connectivity index (χ2v) is 17.5. The molecule has 2 saturated heterocycles. The third kappa shape index (κ3) is 19.7. The van der Waals surface area contributed by atoms with E-state index < -0.39 is 139 Å². The Labute approximate surface area is 391 Å². The number of likely N-dealkylation sites (tertiary alicyclic amines) is 2. The minimum atomic E-state index is -1.61. The molecule has 15 N–H and O–H groups in total. The number of primary amides is 2. The minimum absolute atomic E-state index is 0.0175. The molecule has 0 aliphatic carbocycles. The number of carboxylic acid groups (broad SMARTS) is 1. The van der Waals surface area contributed by atoms with Gasteiger partial charge in [0, 0.05) is 25.9 Å². The number of aliphatic carboxylic acids is 1. The van der Waals surface area contributed by atoms with Gasteiger partial charge < -0.3 is 74.4 Å². The Morgan fingerprint density at radius 3 is 1.79 bits per heavy atom. The number of carbonyl (C=O) groups excluding carboxylic acids is 11. The maximum absolute atomic E-state index is 13.9. The van der Waals surface area contributed by atoms with Gasteiger partial charge in [0.1, 0.15) is 36.3 Å². The van der Waals surface area contributed by atoms with E-state index in [9.17, 15) is 62.6 Å². The van der Waals surface area contributed by atoms with Crippen molar-refractivity contribution in [1.29, 1.82) is 0 Å². The molecule has 0 unspecified atom stereocenters. The van der Waals surface area contributed by atoms with E-state index in [4.69, 9.17) is 22.3 Å². The summed E-state index contributed by atoms with van der Waals surface area (Å²) in [6.45, 7) is 1.19. The zero-order chi connectivity index (χ0) is 50.4. The van der Waals surface area contributed by atoms with Gasteiger partial charge in [0.15, 0.2) is 0 Å². The molecule has 0 aromatic heterocycles. The molecule has 0 aromatic rings. The zero-order valence-electron chi connectivity index (χ0n) is 38.0. The zero-order valence-corrected chi connectivity index (χ0v) is 38.8. The summed E-state index contributed by atoms with van der Waals surface area (Å²) < 4.78 is 0. The summed E-state index contributed by atoms with van der Waals surface area (Å²) >= 11 is 1.36. The highest BCUT2D eigenvalue weighted by Crippen LogP contribution is 2.25. The quantitative estimate of drug-likeness (QED) is 0.0332. The number of amides is 11. The molecule has 67 heavy (non-hydrogen) atoms. The van der Waals surface area contributed by atoms with Gasteiger partial charge in [0.25, 0.3) is 0 Å². The van der Waals surface area contributed by atoms with Crippen LogP contribution in [0.2, 0.25) is 0 Å². The van der Waals surface area contributed by atoms with Crippen LogP contribution >= 0.6 is 11.8 Å². The number of aliphatic hydroxyl groups is 1. The predicted molar refractivity (Wildman–Crippen MR) is 238 cm³/mol. The van der Waals surface area contributed by atoms with Crippen LogP contribution in [0, 0.1) is 5.92 Å². The van der Waals surface area contributed by atoms with E-state index in [2.05, 4.69) is 37.2 Å². The molecule has 0 saturated carbocycles. The molecule has 11 amide bonds. The van der Waals surface area contributed by atoms with Crippen molar-refractivity contribution in [3.05, 3.63) is 0 Å². The maximum atomic E-state index is 13.9. The minimum Gasteiger partial charge on any atom is -0.480 e. The number of nitrogens with two attached hydrogens (primary N) is 3. The van der Waals surface area contributed by atoms with Crippen molar-refractivity contribution in [2.75, 3.05) is 51.3 Å². The number of hydrogen-bond donors (Lipinski definition) is 12. The van der Waals surface area contributed by atoms with E-state index in [1.54, 1.807) is 20.1 Å². The lowest BCUT2D eigenvalue weighted by atomic mass is 10.0. The van der Waals surface area contributed by atoms with Crippen molar-refractivity contribution in [3.8, 4) is 0 Å². The third-order valence-electron chi connectivity index (χ3n) is 10.7. The first kappa shape index (κ1) is 57.0. The standard InChI is InChI=1S/C40H66N12O14S/c1-21(2)16-25(37(62)50-26(20-53)40(65)66)47-32(57)18-44-31(56)17-45-35(60)23(9-11-30(43)55)48-36(61)24(12-15-67-3)49-38(63)27-6-4-14-52(27)39(64)28-7-5-13-51(28)33(58)19-46-34(59)22(41)8-10-29(42)54/h21-28,53H,4-20,41H2,1-3H3,(H2,42,54)(H2,43,55)(H,44,56)(H,45,60)(H,46,59)(H,47,57)(H,48,61)(H,49,63)(H,50,62)(H,65,66)/t22-,23-,24-,25-,26-,27-,28-/m0/s1. The number of carboxylic acids is 1. The molecule has 376 valence electrons. The second-order valence-electron chi connectivity index (χ2n) is 16.5. The monoisotopic (exact) mass is 970 g/mol. The van der Waals surface area contributed by atoms with Crippen LogP contribution in [0.4, 0.5) is 0 Å². The number of carbonyl (C=O) groups is 12. The van der Waals surface area contributed by atoms with Crippen molar-refractivity contribution in [3.63, 3.8) is 0 Å². The van der Waals surface area contributed by atoms with Gasteiger partial charge in [-0.2, -0.15) is 11.8 Å². The van der Waals surface area contributed by atoms with Gasteiger partial charge in [-0.3, -0.25) is 52.7 Å². The molecule has 7 atom stereocenters. The lowest BCUT2D eigenvalue weighted by molar-refractivity contribution is -0.147. The molecule has 2 aliphatic heterocycles. The summed E-state index contributed by atoms with van der Waals surface area (Å²) in [6.07, 6.45) is 2.60. The smallest absolute Gasteiger partial charge is 0.328 e. The Bertz CT molecular complexity index is 1820. The highest BCUT2D eigenvalue weighted by Gasteiger charge is 2.43. The molecule has 2 rings (SSSR count). The average Bonchev–Trinajstić information content (AvgIpc) is 3.98. The van der Waals surface area contributed by atoms with E-state index in [1.165, 1.54) is 21.6 Å². The van der Waals surface area contributed by atoms with Crippen LogP contribution in [-0.4, -0.2) is 185 Å². The predicted octanol–water partition coefficient (Wildman–Crippen LogP) is -6.01. The molecule has 2 aliphatic rings. The molecular weight excluding hydrogens is 905 g/mol. The maximum Gasteiger partial charge on any atom is 0.328 e. The van der Waals surface area contributed by atoms with Crippen LogP contribution in [0.15, 0.2) is 0 Å². The second kappa shape index (κ2) is 28.8. The Kier molecular flexibility index (Phi) is 24.5. The summed E-state index contributed by atoms with van der Waals surface area (Å²) in [5, 5.41) is 35.1. The lowest BCUT2D eigenvalue weighted by Crippen LogP contribution is -2.58. The Balaban J connectivity index is 2.06. The number of nitrogens with zero attached hydrogens (tertiary/aromatic N) is 2. The number of aliphatic hydroxyl groups excluding tert-OH is 1. The van der Waals surface area contributed by atoms with Crippen molar-refractivity contribution in [2.45, 2.75) is 120 Å². The third-order valence-corrected chi connectivity index (χ3v) is 11.4. The normalized spacial score (nSPS) is 17.8. The average molecular weight is 971 g/mol. The van der Waals surface area contributed by atoms with Gasteiger partial charge in [-0.1, -0.05) is 13.8 Å². The van der Waals surface area contributed by atoms with Crippen LogP contribution in [0.5, 0.6) is 0 Å². The Morgan fingerprint density at radius 2 is 1.19 bits per heavy atom. The molecule has 2 heterocycles. The van der Waals surface area contributed by atoms with Crippen LogP contribution < -0.4 is 54.4 Å². The fraction of sp³-hybridized carbons (Fsp3) is 0.700. The highest BCUT2D eigenvalue weighted by atomic mass is 32.2. The number of nitrogens with one attached hydrogen (secondary N) is 7. The largest absolute Gasteiger partial charge is 0.480 e. The molecule has 26 nitrogen and oxygen atoms in total. The molecule has 2 fully saturated rings. The van der Waals surface area contributed by atoms with E-state index in [1.807, 2.05) is 0 Å². The first-order valence-electron chi connectivity index (χ1n) is 21.9. The molecular formula is C40H66N12O14S. The molecule has 0 spiro atoms. The first-order chi connectivity index (χ1) is 31.6. The van der Waals surface area contributed by atoms with Crippen LogP contribution in [0.3, 0.4) is 0 Å². The number of hydrogen-bond acceptors (Lipinski definition) is 15. The topological polar surface area (TPSA) is 414 Å². The van der Waals surface area contributed by atoms with Gasteiger partial charge >= 0.3 is 5.97 Å². The van der Waals surface area contributed by atoms with Crippen molar-refractivity contribution in [2.24, 2.45) is 23.1 Å². The van der Waals surface area contributed by atoms with Gasteiger partial charge in [0.05, 0.1) is 32.3 Å². The Morgan fingerprint density at radius 1 is 0.642 bits per heavy atom. The SMILES string of the molecule is CSCC[C@H](NC(=O)[C@@H]1CCCN1C(=O)[C@@H]1CCCN1C(=O)CNC(=O)[C@@H](N)CCC(N)=O)C(=O)N[C@@H](CCC(N)=O)C(=O)NCC(=O)NCC(=O)N[C@@H](CC(C)C)C(=O)N[C@@H](CO)C(=O)O. The van der Waals surface area contributed by atoms with E-state index in [0.717, 1.165) is 0 Å².